The molecule has 1 heterocycles. The van der Waals surface area contributed by atoms with Gasteiger partial charge in [-0.3, -0.25) is 4.98 Å². The number of rotatable bonds is 6. The summed E-state index contributed by atoms with van der Waals surface area (Å²) in [6, 6.07) is 10.7. The Morgan fingerprint density at radius 1 is 1.26 bits per heavy atom. The second-order valence-corrected chi connectivity index (χ2v) is 4.08. The van der Waals surface area contributed by atoms with Crippen molar-refractivity contribution < 1.29 is 9.13 Å². The van der Waals surface area contributed by atoms with Crippen LogP contribution in [0.2, 0.25) is 0 Å². The number of nitrogens with one attached hydrogen (secondary N) is 1. The number of hydrogen-bond acceptors (Lipinski definition) is 3. The molecule has 1 N–H and O–H groups in total. The molecule has 1 aromatic carbocycles. The van der Waals surface area contributed by atoms with Crippen molar-refractivity contribution in [2.75, 3.05) is 18.5 Å². The van der Waals surface area contributed by atoms with Crippen molar-refractivity contribution in [3.8, 4) is 5.75 Å². The van der Waals surface area contributed by atoms with E-state index in [1.165, 1.54) is 6.07 Å². The molecular formula is C15H17FN2O. The van der Waals surface area contributed by atoms with Gasteiger partial charge in [0.05, 0.1) is 6.61 Å². The highest BCUT2D eigenvalue weighted by molar-refractivity contribution is 5.47. The first kappa shape index (κ1) is 13.3. The quantitative estimate of drug-likeness (QED) is 0.865. The summed E-state index contributed by atoms with van der Waals surface area (Å²) in [5.74, 6) is -0.0533. The van der Waals surface area contributed by atoms with Gasteiger partial charge in [-0.25, -0.2) is 4.39 Å². The van der Waals surface area contributed by atoms with E-state index >= 15 is 0 Å². The topological polar surface area (TPSA) is 34.1 Å². The Bertz CT molecular complexity index is 517. The molecule has 0 amide bonds. The number of pyridine rings is 1. The third kappa shape index (κ3) is 3.95. The maximum absolute atomic E-state index is 13.6. The molecule has 0 radical (unpaired) electrons. The summed E-state index contributed by atoms with van der Waals surface area (Å²) in [5, 5.41) is 3.17. The molecule has 1 aromatic heterocycles. The predicted octanol–water partition coefficient (Wildman–Crippen LogP) is 3.27. The van der Waals surface area contributed by atoms with Crippen LogP contribution in [0, 0.1) is 5.82 Å². The molecule has 0 spiro atoms. The summed E-state index contributed by atoms with van der Waals surface area (Å²) >= 11 is 0. The van der Waals surface area contributed by atoms with Crippen LogP contribution in [-0.2, 0) is 6.42 Å². The number of aromatic nitrogens is 1. The molecule has 0 saturated carbocycles. The van der Waals surface area contributed by atoms with Crippen LogP contribution in [0.5, 0.6) is 5.75 Å². The molecule has 0 aliphatic carbocycles. The summed E-state index contributed by atoms with van der Waals surface area (Å²) in [7, 11) is 0. The van der Waals surface area contributed by atoms with Crippen LogP contribution in [0.15, 0.2) is 42.6 Å². The van der Waals surface area contributed by atoms with Gasteiger partial charge in [0.15, 0.2) is 11.6 Å². The monoisotopic (exact) mass is 260 g/mol. The zero-order valence-electron chi connectivity index (χ0n) is 10.9. The molecule has 0 aliphatic heterocycles. The second-order valence-electron chi connectivity index (χ2n) is 4.08. The van der Waals surface area contributed by atoms with E-state index in [0.29, 0.717) is 13.2 Å². The van der Waals surface area contributed by atoms with Gasteiger partial charge >= 0.3 is 0 Å². The van der Waals surface area contributed by atoms with Gasteiger partial charge in [0.1, 0.15) is 0 Å². The standard InChI is InChI=1S/C15H17FN2O/c1-2-19-15-7-6-13(11-14(15)16)18-10-8-12-5-3-4-9-17-12/h3-7,9,11,18H,2,8,10H2,1H3. The Labute approximate surface area is 112 Å². The molecule has 2 rings (SSSR count). The molecule has 2 aromatic rings. The smallest absolute Gasteiger partial charge is 0.167 e. The van der Waals surface area contributed by atoms with Gasteiger partial charge in [-0.05, 0) is 31.2 Å². The zero-order valence-corrected chi connectivity index (χ0v) is 10.9. The van der Waals surface area contributed by atoms with Crippen molar-refractivity contribution in [3.63, 3.8) is 0 Å². The molecule has 0 saturated heterocycles. The minimum Gasteiger partial charge on any atom is -0.491 e. The van der Waals surface area contributed by atoms with Gasteiger partial charge in [-0.1, -0.05) is 6.07 Å². The van der Waals surface area contributed by atoms with Crippen LogP contribution in [0.1, 0.15) is 12.6 Å². The fraction of sp³-hybridized carbons (Fsp3) is 0.267. The molecule has 0 atom stereocenters. The van der Waals surface area contributed by atoms with Crippen molar-refractivity contribution in [1.29, 1.82) is 0 Å². The van der Waals surface area contributed by atoms with E-state index in [0.717, 1.165) is 17.8 Å². The molecule has 100 valence electrons. The van der Waals surface area contributed by atoms with Crippen LogP contribution in [-0.4, -0.2) is 18.1 Å². The molecule has 4 heteroatoms. The number of ether oxygens (including phenoxy) is 1. The van der Waals surface area contributed by atoms with E-state index in [-0.39, 0.29) is 11.6 Å². The average Bonchev–Trinajstić information content (AvgIpc) is 2.43. The summed E-state index contributed by atoms with van der Waals surface area (Å²) in [4.78, 5) is 4.23. The minimum absolute atomic E-state index is 0.290. The average molecular weight is 260 g/mol. The van der Waals surface area contributed by atoms with Gasteiger partial charge in [0, 0.05) is 36.6 Å². The lowest BCUT2D eigenvalue weighted by Crippen LogP contribution is -2.06. The maximum Gasteiger partial charge on any atom is 0.167 e. The van der Waals surface area contributed by atoms with Crippen molar-refractivity contribution >= 4 is 5.69 Å². The Morgan fingerprint density at radius 3 is 2.84 bits per heavy atom. The van der Waals surface area contributed by atoms with Crippen molar-refractivity contribution in [1.82, 2.24) is 4.98 Å². The Hall–Kier alpha value is -2.10. The van der Waals surface area contributed by atoms with E-state index < -0.39 is 0 Å². The number of halogens is 1. The molecular weight excluding hydrogens is 243 g/mol. The van der Waals surface area contributed by atoms with Gasteiger partial charge in [0.2, 0.25) is 0 Å². The van der Waals surface area contributed by atoms with Gasteiger partial charge in [-0.2, -0.15) is 0 Å². The third-order valence-electron chi connectivity index (χ3n) is 2.67. The number of benzene rings is 1. The van der Waals surface area contributed by atoms with E-state index in [2.05, 4.69) is 10.3 Å². The van der Waals surface area contributed by atoms with E-state index in [9.17, 15) is 4.39 Å². The maximum atomic E-state index is 13.6. The lowest BCUT2D eigenvalue weighted by Gasteiger charge is -2.09. The molecule has 0 bridgehead atoms. The normalized spacial score (nSPS) is 10.2. The number of nitrogens with zero attached hydrogens (tertiary/aromatic N) is 1. The first-order valence-electron chi connectivity index (χ1n) is 6.35. The van der Waals surface area contributed by atoms with E-state index in [1.54, 1.807) is 12.3 Å². The predicted molar refractivity (Wildman–Crippen MR) is 74.0 cm³/mol. The Kier molecular flexibility index (Phi) is 4.72. The molecule has 3 nitrogen and oxygen atoms in total. The highest BCUT2D eigenvalue weighted by Gasteiger charge is 2.03. The van der Waals surface area contributed by atoms with Crippen molar-refractivity contribution in [2.45, 2.75) is 13.3 Å². The largest absolute Gasteiger partial charge is 0.491 e. The SMILES string of the molecule is CCOc1ccc(NCCc2ccccn2)cc1F. The minimum atomic E-state index is -0.343. The fourth-order valence-electron chi connectivity index (χ4n) is 1.76. The van der Waals surface area contributed by atoms with Crippen LogP contribution in [0.25, 0.3) is 0 Å². The first-order valence-corrected chi connectivity index (χ1v) is 6.35. The van der Waals surface area contributed by atoms with Gasteiger partial charge in [-0.15, -0.1) is 0 Å². The lowest BCUT2D eigenvalue weighted by molar-refractivity contribution is 0.321. The summed E-state index contributed by atoms with van der Waals surface area (Å²) in [6.45, 7) is 3.01. The Balaban J connectivity index is 1.88. The zero-order chi connectivity index (χ0) is 13.5. The van der Waals surface area contributed by atoms with Crippen molar-refractivity contribution in [2.24, 2.45) is 0 Å². The number of hydrogen-bond donors (Lipinski definition) is 1. The lowest BCUT2D eigenvalue weighted by atomic mass is 10.2. The summed E-state index contributed by atoms with van der Waals surface area (Å²) in [5.41, 5.74) is 1.76. The van der Waals surface area contributed by atoms with Gasteiger partial charge in [0.25, 0.3) is 0 Å². The van der Waals surface area contributed by atoms with E-state index in [1.807, 2.05) is 31.2 Å². The first-order chi connectivity index (χ1) is 9.29. The van der Waals surface area contributed by atoms with Crippen LogP contribution < -0.4 is 10.1 Å². The van der Waals surface area contributed by atoms with Crippen LogP contribution in [0.3, 0.4) is 0 Å². The van der Waals surface area contributed by atoms with Gasteiger partial charge < -0.3 is 10.1 Å². The van der Waals surface area contributed by atoms with E-state index in [4.69, 9.17) is 4.74 Å². The second kappa shape index (κ2) is 6.73. The molecule has 19 heavy (non-hydrogen) atoms. The summed E-state index contributed by atoms with van der Waals surface area (Å²) < 4.78 is 18.8. The molecule has 0 aliphatic rings. The highest BCUT2D eigenvalue weighted by Crippen LogP contribution is 2.21. The Morgan fingerprint density at radius 2 is 2.16 bits per heavy atom. The van der Waals surface area contributed by atoms with Crippen molar-refractivity contribution in [3.05, 3.63) is 54.1 Å². The highest BCUT2D eigenvalue weighted by atomic mass is 19.1. The molecule has 0 fully saturated rings. The summed E-state index contributed by atoms with van der Waals surface area (Å²) in [6.07, 6.45) is 2.57. The fourth-order valence-corrected chi connectivity index (χ4v) is 1.76. The third-order valence-corrected chi connectivity index (χ3v) is 2.67. The van der Waals surface area contributed by atoms with Crippen LogP contribution in [0.4, 0.5) is 10.1 Å². The van der Waals surface area contributed by atoms with Crippen LogP contribution >= 0.6 is 0 Å². The number of anilines is 1. The molecule has 0 unspecified atom stereocenters.